The smallest absolute Gasteiger partial charge is 0.344 e. The molecule has 2 aromatic carbocycles. The minimum Gasteiger partial charge on any atom is -0.462 e. The number of hydrogen-bond acceptors (Lipinski definition) is 7. The van der Waals surface area contributed by atoms with Gasteiger partial charge in [0.1, 0.15) is 5.54 Å². The van der Waals surface area contributed by atoms with Crippen LogP contribution in [0.25, 0.3) is 0 Å². The summed E-state index contributed by atoms with van der Waals surface area (Å²) in [6.45, 7) is 3.15. The van der Waals surface area contributed by atoms with Gasteiger partial charge in [-0.2, -0.15) is 5.01 Å². The first-order valence-electron chi connectivity index (χ1n) is 10.1. The van der Waals surface area contributed by atoms with E-state index in [9.17, 15) is 29.3 Å². The average Bonchev–Trinajstić information content (AvgIpc) is 3.01. The Hall–Kier alpha value is -4.28. The van der Waals surface area contributed by atoms with Gasteiger partial charge in [0.15, 0.2) is 0 Å². The lowest BCUT2D eigenvalue weighted by atomic mass is 9.93. The van der Waals surface area contributed by atoms with Gasteiger partial charge in [0.05, 0.1) is 17.1 Å². The van der Waals surface area contributed by atoms with Crippen molar-refractivity contribution in [2.45, 2.75) is 32.2 Å². The Labute approximate surface area is 188 Å². The third-order valence-electron chi connectivity index (χ3n) is 5.13. The molecule has 0 radical (unpaired) electrons. The van der Waals surface area contributed by atoms with Gasteiger partial charge in [-0.1, -0.05) is 30.3 Å². The highest BCUT2D eigenvalue weighted by Gasteiger charge is 2.48. The first kappa shape index (κ1) is 23.4. The lowest BCUT2D eigenvalue weighted by Gasteiger charge is -2.21. The summed E-state index contributed by atoms with van der Waals surface area (Å²) in [5.41, 5.74) is 0.886. The van der Waals surface area contributed by atoms with Crippen molar-refractivity contribution in [3.63, 3.8) is 0 Å². The molecule has 2 aromatic rings. The zero-order chi connectivity index (χ0) is 24.2. The van der Waals surface area contributed by atoms with Crippen LogP contribution in [0, 0.1) is 10.1 Å². The van der Waals surface area contributed by atoms with Gasteiger partial charge < -0.3 is 10.1 Å². The van der Waals surface area contributed by atoms with Gasteiger partial charge in [0, 0.05) is 17.7 Å². The molecular weight excluding hydrogens is 432 g/mol. The van der Waals surface area contributed by atoms with E-state index in [1.54, 1.807) is 13.8 Å². The van der Waals surface area contributed by atoms with Crippen molar-refractivity contribution in [2.75, 3.05) is 6.61 Å². The van der Waals surface area contributed by atoms with Gasteiger partial charge in [-0.3, -0.25) is 25.1 Å². The maximum Gasteiger partial charge on any atom is 0.344 e. The van der Waals surface area contributed by atoms with Gasteiger partial charge >= 0.3 is 12.0 Å². The Morgan fingerprint density at radius 1 is 1.15 bits per heavy atom. The molecule has 1 atom stereocenters. The first-order valence-corrected chi connectivity index (χ1v) is 10.1. The van der Waals surface area contributed by atoms with E-state index < -0.39 is 40.0 Å². The standard InChI is InChI=1S/C22H22N4O7/c1-3-33-19(28)16-11-15(12-17(13-16)26(31)32)18(27)24-25-20(29)22(2,23-21(25)30)10-9-14-7-5-4-6-8-14/h4-8,11-13H,3,9-10H2,1-2H3,(H,23,30)(H,24,27). The maximum absolute atomic E-state index is 12.9. The normalized spacial score (nSPS) is 17.5. The van der Waals surface area contributed by atoms with Gasteiger partial charge in [-0.05, 0) is 38.3 Å². The highest BCUT2D eigenvalue weighted by Crippen LogP contribution is 2.23. The monoisotopic (exact) mass is 454 g/mol. The van der Waals surface area contributed by atoms with Crippen LogP contribution >= 0.6 is 0 Å². The molecule has 0 aliphatic carbocycles. The second-order valence-electron chi connectivity index (χ2n) is 7.58. The van der Waals surface area contributed by atoms with E-state index in [1.807, 2.05) is 30.3 Å². The van der Waals surface area contributed by atoms with Crippen molar-refractivity contribution in [1.82, 2.24) is 15.8 Å². The highest BCUT2D eigenvalue weighted by atomic mass is 16.6. The van der Waals surface area contributed by atoms with Crippen molar-refractivity contribution < 1.29 is 28.8 Å². The second-order valence-corrected chi connectivity index (χ2v) is 7.58. The predicted octanol–water partition coefficient (Wildman–Crippen LogP) is 2.36. The highest BCUT2D eigenvalue weighted by molar-refractivity contribution is 6.09. The summed E-state index contributed by atoms with van der Waals surface area (Å²) in [7, 11) is 0. The first-order chi connectivity index (χ1) is 15.6. The number of hydrogen-bond donors (Lipinski definition) is 2. The number of nitrogens with zero attached hydrogens (tertiary/aromatic N) is 2. The van der Waals surface area contributed by atoms with Crippen LogP contribution in [0.1, 0.15) is 46.5 Å². The largest absolute Gasteiger partial charge is 0.462 e. The molecule has 0 spiro atoms. The van der Waals surface area contributed by atoms with Crippen LogP contribution in [0.4, 0.5) is 10.5 Å². The number of nitrogens with one attached hydrogen (secondary N) is 2. The number of rotatable bonds is 8. The van der Waals surface area contributed by atoms with Gasteiger partial charge in [-0.15, -0.1) is 0 Å². The molecule has 33 heavy (non-hydrogen) atoms. The predicted molar refractivity (Wildman–Crippen MR) is 115 cm³/mol. The molecule has 11 nitrogen and oxygen atoms in total. The molecule has 0 bridgehead atoms. The summed E-state index contributed by atoms with van der Waals surface area (Å²) in [6.07, 6.45) is 0.802. The number of imide groups is 1. The molecule has 11 heteroatoms. The van der Waals surface area contributed by atoms with E-state index in [-0.39, 0.29) is 24.2 Å². The van der Waals surface area contributed by atoms with E-state index in [4.69, 9.17) is 4.74 Å². The molecule has 0 aromatic heterocycles. The Morgan fingerprint density at radius 3 is 2.45 bits per heavy atom. The molecule has 172 valence electrons. The van der Waals surface area contributed by atoms with Crippen LogP contribution < -0.4 is 10.7 Å². The van der Waals surface area contributed by atoms with Crippen molar-refractivity contribution in [3.05, 3.63) is 75.3 Å². The van der Waals surface area contributed by atoms with Crippen molar-refractivity contribution in [3.8, 4) is 0 Å². The number of ether oxygens (including phenoxy) is 1. The van der Waals surface area contributed by atoms with E-state index in [2.05, 4.69) is 10.7 Å². The molecule has 1 unspecified atom stereocenters. The quantitative estimate of drug-likeness (QED) is 0.269. The Bertz CT molecular complexity index is 1120. The van der Waals surface area contributed by atoms with Crippen LogP contribution in [-0.2, 0) is 16.0 Å². The fraction of sp³-hybridized carbons (Fsp3) is 0.273. The van der Waals surface area contributed by atoms with Gasteiger partial charge in [0.25, 0.3) is 17.5 Å². The summed E-state index contributed by atoms with van der Waals surface area (Å²) in [4.78, 5) is 60.5. The Balaban J connectivity index is 1.78. The lowest BCUT2D eigenvalue weighted by molar-refractivity contribution is -0.384. The number of benzene rings is 2. The minimum absolute atomic E-state index is 0.0348. The summed E-state index contributed by atoms with van der Waals surface area (Å²) < 4.78 is 4.83. The van der Waals surface area contributed by atoms with Gasteiger partial charge in [-0.25, -0.2) is 9.59 Å². The molecule has 1 aliphatic heterocycles. The third kappa shape index (κ3) is 5.14. The summed E-state index contributed by atoms with van der Waals surface area (Å²) in [5, 5.41) is 14.3. The maximum atomic E-state index is 12.9. The van der Waals surface area contributed by atoms with Crippen LogP contribution in [0.3, 0.4) is 0 Å². The number of non-ortho nitro benzene ring substituents is 1. The number of amides is 4. The molecule has 3 rings (SSSR count). The number of hydrazine groups is 1. The van der Waals surface area contributed by atoms with Crippen molar-refractivity contribution >= 4 is 29.5 Å². The minimum atomic E-state index is -1.25. The number of esters is 1. The summed E-state index contributed by atoms with van der Waals surface area (Å²) in [6, 6.07) is 11.6. The number of nitro benzene ring substituents is 1. The van der Waals surface area contributed by atoms with Crippen molar-refractivity contribution in [1.29, 1.82) is 0 Å². The average molecular weight is 454 g/mol. The number of nitro groups is 1. The fourth-order valence-electron chi connectivity index (χ4n) is 3.34. The van der Waals surface area contributed by atoms with Crippen LogP contribution in [-0.4, -0.2) is 45.9 Å². The summed E-state index contributed by atoms with van der Waals surface area (Å²) >= 11 is 0. The zero-order valence-electron chi connectivity index (χ0n) is 18.0. The van der Waals surface area contributed by atoms with Gasteiger partial charge in [0.2, 0.25) is 0 Å². The van der Waals surface area contributed by atoms with E-state index in [0.29, 0.717) is 11.4 Å². The number of aryl methyl sites for hydroxylation is 1. The summed E-state index contributed by atoms with van der Waals surface area (Å²) in [5.74, 6) is -2.49. The molecule has 1 aliphatic rings. The van der Waals surface area contributed by atoms with Crippen LogP contribution in [0.5, 0.6) is 0 Å². The SMILES string of the molecule is CCOC(=O)c1cc(C(=O)NN2C(=O)NC(C)(CCc3ccccc3)C2=O)cc([N+](=O)[O-])c1. The van der Waals surface area contributed by atoms with Crippen molar-refractivity contribution in [2.24, 2.45) is 0 Å². The van der Waals surface area contributed by atoms with E-state index in [1.165, 1.54) is 0 Å². The molecule has 2 N–H and O–H groups in total. The fourth-order valence-corrected chi connectivity index (χ4v) is 3.34. The molecule has 0 saturated carbocycles. The third-order valence-corrected chi connectivity index (χ3v) is 5.13. The Kier molecular flexibility index (Phi) is 6.71. The molecule has 1 saturated heterocycles. The second kappa shape index (κ2) is 9.47. The Morgan fingerprint density at radius 2 is 1.82 bits per heavy atom. The number of carbonyl (C=O) groups is 4. The zero-order valence-corrected chi connectivity index (χ0v) is 18.0. The van der Waals surface area contributed by atoms with Crippen LogP contribution in [0.15, 0.2) is 48.5 Å². The molecule has 1 fully saturated rings. The molecule has 1 heterocycles. The molecular formula is C22H22N4O7. The topological polar surface area (TPSA) is 148 Å². The van der Waals surface area contributed by atoms with E-state index in [0.717, 1.165) is 23.8 Å². The number of urea groups is 1. The molecule has 4 amide bonds. The van der Waals surface area contributed by atoms with E-state index >= 15 is 0 Å². The number of carbonyl (C=O) groups excluding carboxylic acids is 4. The lowest BCUT2D eigenvalue weighted by Crippen LogP contribution is -2.49. The van der Waals surface area contributed by atoms with Crippen LogP contribution in [0.2, 0.25) is 0 Å².